The van der Waals surface area contributed by atoms with Crippen LogP contribution in [0.25, 0.3) is 0 Å². The minimum atomic E-state index is -1.57. The fourth-order valence-electron chi connectivity index (χ4n) is 0.784. The highest BCUT2D eigenvalue weighted by molar-refractivity contribution is 7.82. The van der Waals surface area contributed by atoms with Crippen LogP contribution in [0.2, 0.25) is 0 Å². The maximum absolute atomic E-state index is 10.7. The number of aryl methyl sites for hydroxylation is 2. The van der Waals surface area contributed by atoms with Gasteiger partial charge in [-0.2, -0.15) is 0 Å². The molecule has 1 aromatic heterocycles. The summed E-state index contributed by atoms with van der Waals surface area (Å²) in [4.78, 5) is 7.79. The van der Waals surface area contributed by atoms with Gasteiger partial charge in [0.1, 0.15) is 0 Å². The molecular formula is C6H9N3OS. The summed E-state index contributed by atoms with van der Waals surface area (Å²) < 4.78 is 10.7. The van der Waals surface area contributed by atoms with Gasteiger partial charge >= 0.3 is 0 Å². The summed E-state index contributed by atoms with van der Waals surface area (Å²) in [6.45, 7) is 3.62. The summed E-state index contributed by atoms with van der Waals surface area (Å²) in [7, 11) is -1.57. The first-order chi connectivity index (χ1) is 5.09. The van der Waals surface area contributed by atoms with Crippen molar-refractivity contribution in [3.63, 3.8) is 0 Å². The molecule has 0 spiro atoms. The maximum atomic E-state index is 10.7. The van der Waals surface area contributed by atoms with Crippen LogP contribution in [-0.2, 0) is 11.0 Å². The van der Waals surface area contributed by atoms with Crippen LogP contribution in [0.5, 0.6) is 0 Å². The predicted molar refractivity (Wildman–Crippen MR) is 42.1 cm³/mol. The van der Waals surface area contributed by atoms with Crippen molar-refractivity contribution in [2.45, 2.75) is 19.0 Å². The molecule has 4 nitrogen and oxygen atoms in total. The zero-order chi connectivity index (χ0) is 8.43. The Balaban J connectivity index is 3.19. The smallest absolute Gasteiger partial charge is 0.234 e. The first-order valence-corrected chi connectivity index (χ1v) is 4.29. The highest BCUT2D eigenvalue weighted by Gasteiger charge is 2.02. The maximum Gasteiger partial charge on any atom is 0.234 e. The molecular weight excluding hydrogens is 162 g/mol. The molecule has 5 heteroatoms. The Morgan fingerprint density at radius 2 is 1.82 bits per heavy atom. The second-order valence-corrected chi connectivity index (χ2v) is 3.19. The lowest BCUT2D eigenvalue weighted by molar-refractivity contribution is 0.675. The van der Waals surface area contributed by atoms with Crippen molar-refractivity contribution in [1.29, 1.82) is 0 Å². The summed E-state index contributed by atoms with van der Waals surface area (Å²) in [6.07, 6.45) is 0. The van der Waals surface area contributed by atoms with Crippen LogP contribution in [0.3, 0.4) is 0 Å². The van der Waals surface area contributed by atoms with E-state index in [1.165, 1.54) is 0 Å². The van der Waals surface area contributed by atoms with Crippen LogP contribution in [-0.4, -0.2) is 14.2 Å². The molecule has 11 heavy (non-hydrogen) atoms. The highest BCUT2D eigenvalue weighted by Crippen LogP contribution is 2.00. The number of rotatable bonds is 1. The summed E-state index contributed by atoms with van der Waals surface area (Å²) in [5.41, 5.74) is 1.57. The minimum absolute atomic E-state index is 0.197. The molecule has 0 aliphatic heterocycles. The van der Waals surface area contributed by atoms with E-state index < -0.39 is 11.0 Å². The minimum Gasteiger partial charge on any atom is -0.245 e. The van der Waals surface area contributed by atoms with Gasteiger partial charge < -0.3 is 0 Å². The van der Waals surface area contributed by atoms with E-state index >= 15 is 0 Å². The van der Waals surface area contributed by atoms with E-state index in [0.717, 1.165) is 11.4 Å². The molecule has 1 heterocycles. The monoisotopic (exact) mass is 171 g/mol. The van der Waals surface area contributed by atoms with Gasteiger partial charge in [-0.1, -0.05) is 0 Å². The molecule has 0 aromatic carbocycles. The Morgan fingerprint density at radius 1 is 1.36 bits per heavy atom. The second kappa shape index (κ2) is 3.06. The van der Waals surface area contributed by atoms with E-state index in [4.69, 9.17) is 5.14 Å². The number of nitrogens with zero attached hydrogens (tertiary/aromatic N) is 2. The van der Waals surface area contributed by atoms with Crippen LogP contribution in [0.1, 0.15) is 11.4 Å². The Bertz CT molecular complexity index is 280. The van der Waals surface area contributed by atoms with Crippen molar-refractivity contribution in [3.8, 4) is 0 Å². The Morgan fingerprint density at radius 3 is 2.18 bits per heavy atom. The largest absolute Gasteiger partial charge is 0.245 e. The Kier molecular flexibility index (Phi) is 2.31. The van der Waals surface area contributed by atoms with E-state index in [2.05, 4.69) is 9.97 Å². The molecule has 60 valence electrons. The van der Waals surface area contributed by atoms with Crippen LogP contribution >= 0.6 is 0 Å². The van der Waals surface area contributed by atoms with Gasteiger partial charge in [0.2, 0.25) is 5.16 Å². The zero-order valence-corrected chi connectivity index (χ0v) is 7.18. The first kappa shape index (κ1) is 8.29. The summed E-state index contributed by atoms with van der Waals surface area (Å²) >= 11 is 0. The molecule has 1 rings (SSSR count). The molecule has 0 fully saturated rings. The topological polar surface area (TPSA) is 68.9 Å². The fourth-order valence-corrected chi connectivity index (χ4v) is 1.25. The molecule has 0 aliphatic rings. The van der Waals surface area contributed by atoms with Gasteiger partial charge in [-0.05, 0) is 19.9 Å². The van der Waals surface area contributed by atoms with Crippen LogP contribution in [0.4, 0.5) is 0 Å². The molecule has 1 atom stereocenters. The number of aromatic nitrogens is 2. The van der Waals surface area contributed by atoms with Gasteiger partial charge in [0.05, 0.1) is 0 Å². The van der Waals surface area contributed by atoms with E-state index in [-0.39, 0.29) is 5.16 Å². The van der Waals surface area contributed by atoms with E-state index in [1.807, 2.05) is 13.8 Å². The lowest BCUT2D eigenvalue weighted by Gasteiger charge is -1.97. The van der Waals surface area contributed by atoms with Crippen LogP contribution < -0.4 is 5.14 Å². The van der Waals surface area contributed by atoms with E-state index in [9.17, 15) is 4.21 Å². The molecule has 0 saturated carbocycles. The average molecular weight is 171 g/mol. The summed E-state index contributed by atoms with van der Waals surface area (Å²) in [5.74, 6) is 0. The SMILES string of the molecule is Cc1cc(C)nc(S(N)=O)n1. The van der Waals surface area contributed by atoms with Gasteiger partial charge in [-0.25, -0.2) is 19.3 Å². The van der Waals surface area contributed by atoms with Crippen molar-refractivity contribution in [3.05, 3.63) is 17.5 Å². The predicted octanol–water partition coefficient (Wildman–Crippen LogP) is 0.0747. The third-order valence-electron chi connectivity index (χ3n) is 1.14. The van der Waals surface area contributed by atoms with Gasteiger partial charge in [-0.15, -0.1) is 0 Å². The van der Waals surface area contributed by atoms with Gasteiger partial charge in [-0.3, -0.25) is 0 Å². The van der Waals surface area contributed by atoms with Crippen molar-refractivity contribution in [2.75, 3.05) is 0 Å². The number of hydrogen-bond acceptors (Lipinski definition) is 3. The molecule has 1 unspecified atom stereocenters. The van der Waals surface area contributed by atoms with E-state index in [1.54, 1.807) is 6.07 Å². The van der Waals surface area contributed by atoms with Crippen LogP contribution in [0.15, 0.2) is 11.2 Å². The lowest BCUT2D eigenvalue weighted by Crippen LogP contribution is -2.09. The van der Waals surface area contributed by atoms with Crippen molar-refractivity contribution in [1.82, 2.24) is 9.97 Å². The van der Waals surface area contributed by atoms with E-state index in [0.29, 0.717) is 0 Å². The third-order valence-corrected chi connectivity index (χ3v) is 1.68. The average Bonchev–Trinajstić information content (AvgIpc) is 1.85. The normalized spacial score (nSPS) is 13.0. The Labute approximate surface area is 67.5 Å². The first-order valence-electron chi connectivity index (χ1n) is 3.08. The molecule has 0 saturated heterocycles. The standard InChI is InChI=1S/C6H9N3OS/c1-4-3-5(2)9-6(8-4)11(7)10/h3H,7H2,1-2H3. The highest BCUT2D eigenvalue weighted by atomic mass is 32.2. The van der Waals surface area contributed by atoms with Gasteiger partial charge in [0.25, 0.3) is 0 Å². The molecule has 0 bridgehead atoms. The molecule has 0 radical (unpaired) electrons. The van der Waals surface area contributed by atoms with Gasteiger partial charge in [0.15, 0.2) is 11.0 Å². The van der Waals surface area contributed by atoms with Crippen molar-refractivity contribution in [2.24, 2.45) is 5.14 Å². The number of hydrogen-bond donors (Lipinski definition) is 1. The summed E-state index contributed by atoms with van der Waals surface area (Å²) in [5, 5.41) is 5.30. The zero-order valence-electron chi connectivity index (χ0n) is 6.37. The lowest BCUT2D eigenvalue weighted by atomic mass is 10.4. The molecule has 1 aromatic rings. The molecule has 0 amide bonds. The molecule has 2 N–H and O–H groups in total. The third kappa shape index (κ3) is 2.06. The number of nitrogens with two attached hydrogens (primary N) is 1. The van der Waals surface area contributed by atoms with Crippen LogP contribution in [0, 0.1) is 13.8 Å². The van der Waals surface area contributed by atoms with Crippen molar-refractivity contribution < 1.29 is 4.21 Å². The Hall–Kier alpha value is -0.810. The van der Waals surface area contributed by atoms with Gasteiger partial charge in [0, 0.05) is 11.4 Å². The fraction of sp³-hybridized carbons (Fsp3) is 0.333. The molecule has 0 aliphatic carbocycles. The quantitative estimate of drug-likeness (QED) is 0.608. The second-order valence-electron chi connectivity index (χ2n) is 2.23. The van der Waals surface area contributed by atoms with Crippen molar-refractivity contribution >= 4 is 11.0 Å². The summed E-state index contributed by atoms with van der Waals surface area (Å²) in [6, 6.07) is 1.80.